The fraction of sp³-hybridized carbons (Fsp3) is 0.0500. The van der Waals surface area contributed by atoms with Gasteiger partial charge in [0, 0.05) is 0 Å². The number of hydrogen-bond donors (Lipinski definition) is 1. The zero-order valence-corrected chi connectivity index (χ0v) is 15.4. The van der Waals surface area contributed by atoms with E-state index in [1.54, 1.807) is 18.2 Å². The van der Waals surface area contributed by atoms with Crippen molar-refractivity contribution in [3.63, 3.8) is 0 Å². The molecule has 0 aliphatic heterocycles. The highest BCUT2D eigenvalue weighted by molar-refractivity contribution is 6.39. The lowest BCUT2D eigenvalue weighted by Gasteiger charge is -2.05. The largest absolute Gasteiger partial charge is 0.337 e. The molecule has 2 aromatic heterocycles. The Morgan fingerprint density at radius 1 is 0.885 bits per heavy atom. The first kappa shape index (κ1) is 16.8. The number of fused-ring (bicyclic) bond motifs is 1. The maximum Gasteiger partial charge on any atom is 0.157 e. The van der Waals surface area contributed by atoms with E-state index in [9.17, 15) is 0 Å². The van der Waals surface area contributed by atoms with Gasteiger partial charge in [0.05, 0.1) is 32.5 Å². The number of nitrogens with zero attached hydrogens (tertiary/aromatic N) is 3. The highest BCUT2D eigenvalue weighted by atomic mass is 35.5. The Labute approximate surface area is 160 Å². The van der Waals surface area contributed by atoms with Crippen molar-refractivity contribution in [2.75, 3.05) is 0 Å². The average Bonchev–Trinajstić information content (AvgIpc) is 3.09. The van der Waals surface area contributed by atoms with E-state index in [-0.39, 0.29) is 0 Å². The molecule has 2 heterocycles. The van der Waals surface area contributed by atoms with E-state index < -0.39 is 0 Å². The number of benzene rings is 2. The second-order valence-corrected chi connectivity index (χ2v) is 6.59. The Morgan fingerprint density at radius 2 is 1.62 bits per heavy atom. The minimum absolute atomic E-state index is 0.505. The van der Waals surface area contributed by atoms with Gasteiger partial charge in [0.15, 0.2) is 5.82 Å². The summed E-state index contributed by atoms with van der Waals surface area (Å²) in [6, 6.07) is 18.9. The van der Waals surface area contributed by atoms with Crippen LogP contribution in [0.25, 0.3) is 22.6 Å². The average molecular weight is 381 g/mol. The van der Waals surface area contributed by atoms with Gasteiger partial charge in [0.1, 0.15) is 11.4 Å². The quantitative estimate of drug-likeness (QED) is 0.438. The van der Waals surface area contributed by atoms with E-state index in [4.69, 9.17) is 23.2 Å². The van der Waals surface area contributed by atoms with Gasteiger partial charge < -0.3 is 4.98 Å². The van der Waals surface area contributed by atoms with Gasteiger partial charge in [-0.1, -0.05) is 47.5 Å². The van der Waals surface area contributed by atoms with Gasteiger partial charge in [-0.3, -0.25) is 0 Å². The van der Waals surface area contributed by atoms with Crippen LogP contribution in [0, 0.1) is 0 Å². The molecule has 4 nitrogen and oxygen atoms in total. The Kier molecular flexibility index (Phi) is 4.45. The molecule has 128 valence electrons. The van der Waals surface area contributed by atoms with Gasteiger partial charge >= 0.3 is 0 Å². The number of H-pyrrole nitrogens is 1. The molecule has 4 rings (SSSR count). The third-order valence-corrected chi connectivity index (χ3v) is 4.58. The molecular formula is C20H14Cl2N4. The van der Waals surface area contributed by atoms with E-state index in [2.05, 4.69) is 19.9 Å². The fourth-order valence-electron chi connectivity index (χ4n) is 2.66. The summed E-state index contributed by atoms with van der Waals surface area (Å²) in [5.74, 6) is 0.719. The second-order valence-electron chi connectivity index (χ2n) is 5.78. The molecule has 0 aliphatic carbocycles. The maximum atomic E-state index is 6.21. The summed E-state index contributed by atoms with van der Waals surface area (Å²) >= 11 is 12.4. The van der Waals surface area contributed by atoms with Crippen LogP contribution in [0.4, 0.5) is 5.69 Å². The summed E-state index contributed by atoms with van der Waals surface area (Å²) in [6.07, 6.45) is 0. The molecule has 0 unspecified atom stereocenters. The van der Waals surface area contributed by atoms with Crippen molar-refractivity contribution in [2.24, 2.45) is 4.99 Å². The molecule has 0 aliphatic rings. The zero-order valence-electron chi connectivity index (χ0n) is 13.9. The number of rotatable bonds is 3. The molecule has 4 aromatic rings. The number of halogens is 2. The van der Waals surface area contributed by atoms with Crippen molar-refractivity contribution in [3.05, 3.63) is 76.4 Å². The lowest BCUT2D eigenvalue weighted by atomic mass is 10.2. The highest BCUT2D eigenvalue weighted by Crippen LogP contribution is 2.33. The van der Waals surface area contributed by atoms with E-state index in [1.807, 2.05) is 49.4 Å². The van der Waals surface area contributed by atoms with Crippen molar-refractivity contribution in [1.82, 2.24) is 15.0 Å². The van der Waals surface area contributed by atoms with Crippen LogP contribution in [0.1, 0.15) is 12.6 Å². The van der Waals surface area contributed by atoms with Gasteiger partial charge in [-0.15, -0.1) is 0 Å². The molecule has 2 aromatic carbocycles. The summed E-state index contributed by atoms with van der Waals surface area (Å²) in [6.45, 7) is 1.88. The van der Waals surface area contributed by atoms with Gasteiger partial charge in [-0.05, 0) is 43.3 Å². The third-order valence-electron chi connectivity index (χ3n) is 3.97. The molecule has 0 saturated carbocycles. The summed E-state index contributed by atoms with van der Waals surface area (Å²) in [5.41, 5.74) is 4.63. The van der Waals surface area contributed by atoms with Crippen molar-refractivity contribution in [2.45, 2.75) is 6.92 Å². The molecule has 0 fully saturated rings. The second kappa shape index (κ2) is 6.90. The maximum absolute atomic E-state index is 6.21. The lowest BCUT2D eigenvalue weighted by molar-refractivity contribution is 1.21. The van der Waals surface area contributed by atoms with Crippen LogP contribution in [0.15, 0.2) is 65.7 Å². The van der Waals surface area contributed by atoms with Gasteiger partial charge in [-0.25, -0.2) is 15.0 Å². The smallest absolute Gasteiger partial charge is 0.157 e. The van der Waals surface area contributed by atoms with E-state index in [0.29, 0.717) is 15.7 Å². The SMILES string of the molecule is CC(=Nc1c(Cl)cccc1Cl)c1cccc(-c2nc3ccccc3[nH]2)n1. The van der Waals surface area contributed by atoms with Crippen LogP contribution < -0.4 is 0 Å². The normalized spacial score (nSPS) is 11.9. The molecule has 0 atom stereocenters. The number of hydrogen-bond acceptors (Lipinski definition) is 3. The number of nitrogens with one attached hydrogen (secondary N) is 1. The molecule has 26 heavy (non-hydrogen) atoms. The van der Waals surface area contributed by atoms with E-state index in [0.717, 1.165) is 34.0 Å². The minimum Gasteiger partial charge on any atom is -0.337 e. The molecule has 0 radical (unpaired) electrons. The molecule has 0 bridgehead atoms. The van der Waals surface area contributed by atoms with Crippen molar-refractivity contribution >= 4 is 45.6 Å². The number of aromatic nitrogens is 3. The number of imidazole rings is 1. The molecule has 0 amide bonds. The topological polar surface area (TPSA) is 53.9 Å². The number of aromatic amines is 1. The highest BCUT2D eigenvalue weighted by Gasteiger charge is 2.10. The fourth-order valence-corrected chi connectivity index (χ4v) is 3.14. The standard InChI is InChI=1S/C20H14Cl2N4/c1-12(23-19-13(21)6-4-7-14(19)22)15-10-5-11-18(24-15)20-25-16-8-2-3-9-17(16)26-20/h2-11H,1H3,(H,25,26). The van der Waals surface area contributed by atoms with Crippen LogP contribution in [-0.4, -0.2) is 20.7 Å². The van der Waals surface area contributed by atoms with Crippen LogP contribution in [0.2, 0.25) is 10.0 Å². The van der Waals surface area contributed by atoms with Crippen LogP contribution in [-0.2, 0) is 0 Å². The Hall–Kier alpha value is -2.69. The first-order valence-electron chi connectivity index (χ1n) is 8.03. The minimum atomic E-state index is 0.505. The van der Waals surface area contributed by atoms with Gasteiger partial charge in [0.2, 0.25) is 0 Å². The molecule has 0 saturated heterocycles. The zero-order chi connectivity index (χ0) is 18.1. The van der Waals surface area contributed by atoms with Crippen LogP contribution >= 0.6 is 23.2 Å². The van der Waals surface area contributed by atoms with Crippen LogP contribution in [0.5, 0.6) is 0 Å². The number of pyridine rings is 1. The number of para-hydroxylation sites is 3. The van der Waals surface area contributed by atoms with E-state index in [1.165, 1.54) is 0 Å². The van der Waals surface area contributed by atoms with Crippen molar-refractivity contribution in [1.29, 1.82) is 0 Å². The molecule has 6 heteroatoms. The Bertz CT molecular complexity index is 1080. The summed E-state index contributed by atoms with van der Waals surface area (Å²) in [7, 11) is 0. The molecule has 0 spiro atoms. The summed E-state index contributed by atoms with van der Waals surface area (Å²) < 4.78 is 0. The Morgan fingerprint density at radius 3 is 2.38 bits per heavy atom. The molecular weight excluding hydrogens is 367 g/mol. The molecule has 1 N–H and O–H groups in total. The lowest BCUT2D eigenvalue weighted by Crippen LogP contribution is -2.00. The van der Waals surface area contributed by atoms with Gasteiger partial charge in [0.25, 0.3) is 0 Å². The Balaban J connectivity index is 1.74. The summed E-state index contributed by atoms with van der Waals surface area (Å²) in [5, 5.41) is 1.01. The number of aliphatic imine (C=N–C) groups is 1. The van der Waals surface area contributed by atoms with Crippen LogP contribution in [0.3, 0.4) is 0 Å². The first-order valence-corrected chi connectivity index (χ1v) is 8.79. The monoisotopic (exact) mass is 380 g/mol. The summed E-state index contributed by atoms with van der Waals surface area (Å²) in [4.78, 5) is 17.1. The third kappa shape index (κ3) is 3.21. The predicted molar refractivity (Wildman–Crippen MR) is 108 cm³/mol. The van der Waals surface area contributed by atoms with Crippen molar-refractivity contribution < 1.29 is 0 Å². The first-order chi connectivity index (χ1) is 12.6. The van der Waals surface area contributed by atoms with E-state index >= 15 is 0 Å². The van der Waals surface area contributed by atoms with Crippen molar-refractivity contribution in [3.8, 4) is 11.5 Å². The van der Waals surface area contributed by atoms with Gasteiger partial charge in [-0.2, -0.15) is 0 Å². The predicted octanol–water partition coefficient (Wildman–Crippen LogP) is 6.07.